The van der Waals surface area contributed by atoms with Crippen LogP contribution in [-0.4, -0.2) is 24.2 Å². The molecule has 0 unspecified atom stereocenters. The summed E-state index contributed by atoms with van der Waals surface area (Å²) in [6, 6.07) is 6.44. The zero-order valence-corrected chi connectivity index (χ0v) is 7.73. The number of methoxy groups -OCH3 is 1. The minimum Gasteiger partial charge on any atom is -0.381 e. The number of aromatic nitrogens is 1. The Morgan fingerprint density at radius 3 is 2.92 bits per heavy atom. The molecule has 1 aromatic heterocycles. The summed E-state index contributed by atoms with van der Waals surface area (Å²) in [5.74, 6) is 0.960. The van der Waals surface area contributed by atoms with Crippen LogP contribution in [0.5, 0.6) is 0 Å². The molecule has 0 spiro atoms. The van der Waals surface area contributed by atoms with Crippen LogP contribution in [-0.2, 0) is 4.74 Å². The number of ether oxygens (including phenoxy) is 1. The van der Waals surface area contributed by atoms with Gasteiger partial charge in [-0.1, -0.05) is 6.07 Å². The lowest BCUT2D eigenvalue weighted by Crippen LogP contribution is -2.40. The lowest BCUT2D eigenvalue weighted by Gasteiger charge is -2.34. The average Bonchev–Trinajstić information content (AvgIpc) is 2.12. The highest BCUT2D eigenvalue weighted by Crippen LogP contribution is 2.25. The number of hydrogen-bond acceptors (Lipinski definition) is 3. The maximum atomic E-state index is 5.19. The molecule has 1 aliphatic carbocycles. The Morgan fingerprint density at radius 1 is 1.46 bits per heavy atom. The van der Waals surface area contributed by atoms with E-state index < -0.39 is 0 Å². The van der Waals surface area contributed by atoms with Crippen LogP contribution in [0.4, 0.5) is 5.82 Å². The van der Waals surface area contributed by atoms with Gasteiger partial charge in [-0.2, -0.15) is 0 Å². The van der Waals surface area contributed by atoms with Crippen LogP contribution in [0.25, 0.3) is 0 Å². The fourth-order valence-corrected chi connectivity index (χ4v) is 1.53. The van der Waals surface area contributed by atoms with Crippen molar-refractivity contribution in [1.29, 1.82) is 0 Å². The molecule has 0 aliphatic heterocycles. The first kappa shape index (κ1) is 8.51. The van der Waals surface area contributed by atoms with Gasteiger partial charge in [0.1, 0.15) is 5.82 Å². The third-order valence-corrected chi connectivity index (χ3v) is 2.45. The highest BCUT2D eigenvalue weighted by atomic mass is 16.5. The Hall–Kier alpha value is -1.09. The second-order valence-electron chi connectivity index (χ2n) is 3.39. The summed E-state index contributed by atoms with van der Waals surface area (Å²) >= 11 is 0. The summed E-state index contributed by atoms with van der Waals surface area (Å²) in [5, 5.41) is 3.35. The minimum atomic E-state index is 0.446. The molecule has 1 saturated carbocycles. The first-order valence-electron chi connectivity index (χ1n) is 4.59. The van der Waals surface area contributed by atoms with Crippen molar-refractivity contribution in [3.05, 3.63) is 24.4 Å². The standard InChI is InChI=1S/C10H14N2O/c1-13-9-6-8(7-9)12-10-4-2-3-5-11-10/h2-5,8-9H,6-7H2,1H3,(H,11,12). The van der Waals surface area contributed by atoms with Crippen molar-refractivity contribution >= 4 is 5.82 Å². The molecule has 0 saturated heterocycles. The molecule has 1 fully saturated rings. The van der Waals surface area contributed by atoms with Crippen LogP contribution in [0.2, 0.25) is 0 Å². The van der Waals surface area contributed by atoms with Gasteiger partial charge in [-0.05, 0) is 25.0 Å². The van der Waals surface area contributed by atoms with Gasteiger partial charge in [-0.15, -0.1) is 0 Å². The number of nitrogens with one attached hydrogen (secondary N) is 1. The first-order valence-corrected chi connectivity index (χ1v) is 4.59. The number of hydrogen-bond donors (Lipinski definition) is 1. The normalized spacial score (nSPS) is 26.5. The highest BCUT2D eigenvalue weighted by molar-refractivity contribution is 5.35. The lowest BCUT2D eigenvalue weighted by atomic mass is 9.89. The number of rotatable bonds is 3. The summed E-state index contributed by atoms with van der Waals surface area (Å²) in [6.45, 7) is 0. The Morgan fingerprint density at radius 2 is 2.31 bits per heavy atom. The summed E-state index contributed by atoms with van der Waals surface area (Å²) in [4.78, 5) is 4.20. The van der Waals surface area contributed by atoms with E-state index in [2.05, 4.69) is 10.3 Å². The van der Waals surface area contributed by atoms with Crippen LogP contribution in [0.1, 0.15) is 12.8 Å². The molecule has 0 radical (unpaired) electrons. The average molecular weight is 178 g/mol. The van der Waals surface area contributed by atoms with Gasteiger partial charge in [0.15, 0.2) is 0 Å². The lowest BCUT2D eigenvalue weighted by molar-refractivity contribution is 0.0328. The highest BCUT2D eigenvalue weighted by Gasteiger charge is 2.28. The van der Waals surface area contributed by atoms with E-state index in [0.29, 0.717) is 12.1 Å². The summed E-state index contributed by atoms with van der Waals surface area (Å²) in [5.41, 5.74) is 0. The maximum Gasteiger partial charge on any atom is 0.126 e. The van der Waals surface area contributed by atoms with Gasteiger partial charge >= 0.3 is 0 Å². The van der Waals surface area contributed by atoms with Crippen LogP contribution < -0.4 is 5.32 Å². The molecule has 0 bridgehead atoms. The number of nitrogens with zero attached hydrogens (tertiary/aromatic N) is 1. The van der Waals surface area contributed by atoms with Gasteiger partial charge in [0.05, 0.1) is 6.10 Å². The molecule has 1 aromatic rings. The minimum absolute atomic E-state index is 0.446. The van der Waals surface area contributed by atoms with Crippen LogP contribution in [0, 0.1) is 0 Å². The number of pyridine rings is 1. The fraction of sp³-hybridized carbons (Fsp3) is 0.500. The second-order valence-corrected chi connectivity index (χ2v) is 3.39. The Labute approximate surface area is 78.1 Å². The molecule has 3 heteroatoms. The zero-order chi connectivity index (χ0) is 9.10. The molecule has 13 heavy (non-hydrogen) atoms. The molecule has 0 amide bonds. The monoisotopic (exact) mass is 178 g/mol. The van der Waals surface area contributed by atoms with Crippen LogP contribution in [0.3, 0.4) is 0 Å². The predicted octanol–water partition coefficient (Wildman–Crippen LogP) is 1.67. The Balaban J connectivity index is 1.81. The number of anilines is 1. The van der Waals surface area contributed by atoms with E-state index in [9.17, 15) is 0 Å². The van der Waals surface area contributed by atoms with Crippen molar-refractivity contribution in [2.24, 2.45) is 0 Å². The van der Waals surface area contributed by atoms with Crippen molar-refractivity contribution in [1.82, 2.24) is 4.98 Å². The molecule has 3 nitrogen and oxygen atoms in total. The summed E-state index contributed by atoms with van der Waals surface area (Å²) in [6.07, 6.45) is 4.43. The quantitative estimate of drug-likeness (QED) is 0.764. The molecule has 0 aromatic carbocycles. The molecule has 1 aliphatic rings. The molecule has 1 heterocycles. The third-order valence-electron chi connectivity index (χ3n) is 2.45. The van der Waals surface area contributed by atoms with Gasteiger partial charge in [-0.25, -0.2) is 4.98 Å². The van der Waals surface area contributed by atoms with Crippen LogP contribution in [0.15, 0.2) is 24.4 Å². The molecule has 2 rings (SSSR count). The molecule has 0 atom stereocenters. The van der Waals surface area contributed by atoms with E-state index in [0.717, 1.165) is 18.7 Å². The van der Waals surface area contributed by atoms with E-state index in [4.69, 9.17) is 4.74 Å². The molecular weight excluding hydrogens is 164 g/mol. The first-order chi connectivity index (χ1) is 6.38. The predicted molar refractivity (Wildman–Crippen MR) is 51.7 cm³/mol. The molecule has 70 valence electrons. The van der Waals surface area contributed by atoms with E-state index in [1.807, 2.05) is 18.2 Å². The summed E-state index contributed by atoms with van der Waals surface area (Å²) < 4.78 is 5.19. The van der Waals surface area contributed by atoms with Crippen molar-refractivity contribution in [3.63, 3.8) is 0 Å². The Bertz CT molecular complexity index is 257. The van der Waals surface area contributed by atoms with E-state index in [1.54, 1.807) is 13.3 Å². The molecule has 1 N–H and O–H groups in total. The van der Waals surface area contributed by atoms with Crippen molar-refractivity contribution in [2.45, 2.75) is 25.0 Å². The van der Waals surface area contributed by atoms with Crippen LogP contribution >= 0.6 is 0 Å². The fourth-order valence-electron chi connectivity index (χ4n) is 1.53. The van der Waals surface area contributed by atoms with E-state index >= 15 is 0 Å². The van der Waals surface area contributed by atoms with Crippen molar-refractivity contribution < 1.29 is 4.74 Å². The van der Waals surface area contributed by atoms with Gasteiger partial charge < -0.3 is 10.1 Å². The molecular formula is C10H14N2O. The third kappa shape index (κ3) is 1.98. The smallest absolute Gasteiger partial charge is 0.126 e. The summed E-state index contributed by atoms with van der Waals surface area (Å²) in [7, 11) is 1.77. The van der Waals surface area contributed by atoms with E-state index in [-0.39, 0.29) is 0 Å². The second kappa shape index (κ2) is 3.75. The van der Waals surface area contributed by atoms with E-state index in [1.165, 1.54) is 0 Å². The maximum absolute atomic E-state index is 5.19. The largest absolute Gasteiger partial charge is 0.381 e. The van der Waals surface area contributed by atoms with Crippen molar-refractivity contribution in [3.8, 4) is 0 Å². The van der Waals surface area contributed by atoms with Crippen molar-refractivity contribution in [2.75, 3.05) is 12.4 Å². The topological polar surface area (TPSA) is 34.1 Å². The van der Waals surface area contributed by atoms with Gasteiger partial charge in [-0.3, -0.25) is 0 Å². The van der Waals surface area contributed by atoms with Gasteiger partial charge in [0.2, 0.25) is 0 Å². The van der Waals surface area contributed by atoms with Gasteiger partial charge in [0.25, 0.3) is 0 Å². The Kier molecular flexibility index (Phi) is 2.45. The zero-order valence-electron chi connectivity index (χ0n) is 7.73. The SMILES string of the molecule is COC1CC(Nc2ccccn2)C1. The van der Waals surface area contributed by atoms with Gasteiger partial charge in [0, 0.05) is 19.3 Å².